The predicted octanol–water partition coefficient (Wildman–Crippen LogP) is 2.99. The lowest BCUT2D eigenvalue weighted by Gasteiger charge is -2.06. The van der Waals surface area contributed by atoms with Gasteiger partial charge in [0.1, 0.15) is 5.71 Å². The molecule has 0 radical (unpaired) electrons. The van der Waals surface area contributed by atoms with Crippen LogP contribution in [0.5, 0.6) is 0 Å². The maximum Gasteiger partial charge on any atom is 0.270 e. The Labute approximate surface area is 121 Å². The first-order valence-corrected chi connectivity index (χ1v) is 7.48. The summed E-state index contributed by atoms with van der Waals surface area (Å²) in [6, 6.07) is 3.67. The van der Waals surface area contributed by atoms with Crippen LogP contribution in [0.4, 0.5) is 5.13 Å². The largest absolute Gasteiger partial charge is 0.382 e. The number of nitrogens with zero attached hydrogens (tertiary/aromatic N) is 2. The van der Waals surface area contributed by atoms with Crippen molar-refractivity contribution in [2.75, 3.05) is 5.32 Å². The van der Waals surface area contributed by atoms with Crippen LogP contribution in [0.3, 0.4) is 0 Å². The van der Waals surface area contributed by atoms with Crippen LogP contribution in [-0.2, 0) is 9.63 Å². The summed E-state index contributed by atoms with van der Waals surface area (Å²) in [5, 5.41) is 8.98. The van der Waals surface area contributed by atoms with E-state index in [0.717, 1.165) is 10.6 Å². The van der Waals surface area contributed by atoms with Gasteiger partial charge in [-0.2, -0.15) is 0 Å². The molecule has 98 valence electrons. The number of anilines is 1. The molecule has 0 spiro atoms. The van der Waals surface area contributed by atoms with Gasteiger partial charge >= 0.3 is 0 Å². The highest BCUT2D eigenvalue weighted by Gasteiger charge is 2.29. The molecule has 5 nitrogen and oxygen atoms in total. The van der Waals surface area contributed by atoms with Crippen molar-refractivity contribution in [2.45, 2.75) is 12.5 Å². The number of hydrogen-bond acceptors (Lipinski definition) is 6. The highest BCUT2D eigenvalue weighted by atomic mass is 35.5. The maximum atomic E-state index is 11.9. The van der Waals surface area contributed by atoms with E-state index in [1.807, 2.05) is 6.07 Å². The molecular weight excluding hydrogens is 306 g/mol. The van der Waals surface area contributed by atoms with Gasteiger partial charge < -0.3 is 4.84 Å². The monoisotopic (exact) mass is 313 g/mol. The molecule has 0 saturated carbocycles. The molecular formula is C11H8ClN3O2S2. The SMILES string of the molecule is O=C(Nc1nccs1)C1CC(c2ccc(Cl)s2)=NO1. The molecule has 0 saturated heterocycles. The van der Waals surface area contributed by atoms with Gasteiger partial charge in [0.15, 0.2) is 5.13 Å². The van der Waals surface area contributed by atoms with Crippen LogP contribution < -0.4 is 5.32 Å². The van der Waals surface area contributed by atoms with Crippen LogP contribution in [0.2, 0.25) is 4.34 Å². The third-order valence-electron chi connectivity index (χ3n) is 2.48. The molecule has 19 heavy (non-hydrogen) atoms. The van der Waals surface area contributed by atoms with E-state index in [9.17, 15) is 4.79 Å². The fourth-order valence-corrected chi connectivity index (χ4v) is 3.17. The van der Waals surface area contributed by atoms with Crippen molar-refractivity contribution in [1.29, 1.82) is 0 Å². The van der Waals surface area contributed by atoms with E-state index in [2.05, 4.69) is 15.5 Å². The second-order valence-electron chi connectivity index (χ2n) is 3.77. The minimum absolute atomic E-state index is 0.239. The Kier molecular flexibility index (Phi) is 3.50. The van der Waals surface area contributed by atoms with Gasteiger partial charge in [-0.3, -0.25) is 10.1 Å². The predicted molar refractivity (Wildman–Crippen MR) is 76.1 cm³/mol. The molecule has 2 aromatic heterocycles. The van der Waals surface area contributed by atoms with E-state index in [-0.39, 0.29) is 5.91 Å². The Morgan fingerprint density at radius 3 is 3.11 bits per heavy atom. The number of nitrogens with one attached hydrogen (secondary N) is 1. The number of halogens is 1. The molecule has 1 unspecified atom stereocenters. The smallest absolute Gasteiger partial charge is 0.270 e. The Morgan fingerprint density at radius 1 is 1.53 bits per heavy atom. The van der Waals surface area contributed by atoms with E-state index in [4.69, 9.17) is 16.4 Å². The summed E-state index contributed by atoms with van der Waals surface area (Å²) in [6.45, 7) is 0. The molecule has 1 N–H and O–H groups in total. The number of oxime groups is 1. The van der Waals surface area contributed by atoms with Crippen LogP contribution in [0, 0.1) is 0 Å². The van der Waals surface area contributed by atoms with Crippen LogP contribution in [0.1, 0.15) is 11.3 Å². The molecule has 1 atom stereocenters. The minimum Gasteiger partial charge on any atom is -0.382 e. The Bertz CT molecular complexity index is 624. The number of thiophene rings is 1. The van der Waals surface area contributed by atoms with Crippen molar-refractivity contribution in [3.8, 4) is 0 Å². The number of carbonyl (C=O) groups excluding carboxylic acids is 1. The lowest BCUT2D eigenvalue weighted by Crippen LogP contribution is -2.27. The maximum absolute atomic E-state index is 11.9. The third kappa shape index (κ3) is 2.78. The van der Waals surface area contributed by atoms with Crippen molar-refractivity contribution < 1.29 is 9.63 Å². The summed E-state index contributed by atoms with van der Waals surface area (Å²) in [4.78, 5) is 22.0. The first kappa shape index (κ1) is 12.6. The number of amides is 1. The highest BCUT2D eigenvalue weighted by Crippen LogP contribution is 2.26. The second kappa shape index (κ2) is 5.28. The Morgan fingerprint density at radius 2 is 2.42 bits per heavy atom. The first-order valence-electron chi connectivity index (χ1n) is 5.41. The molecule has 2 aromatic rings. The van der Waals surface area contributed by atoms with Gasteiger partial charge in [-0.25, -0.2) is 4.98 Å². The molecule has 3 rings (SSSR count). The zero-order valence-electron chi connectivity index (χ0n) is 9.50. The van der Waals surface area contributed by atoms with Crippen LogP contribution >= 0.6 is 34.3 Å². The van der Waals surface area contributed by atoms with Gasteiger partial charge in [0, 0.05) is 18.0 Å². The zero-order chi connectivity index (χ0) is 13.2. The van der Waals surface area contributed by atoms with Crippen molar-refractivity contribution in [2.24, 2.45) is 5.16 Å². The number of rotatable bonds is 3. The van der Waals surface area contributed by atoms with Gasteiger partial charge in [0.25, 0.3) is 5.91 Å². The van der Waals surface area contributed by atoms with Crippen molar-refractivity contribution in [3.63, 3.8) is 0 Å². The molecule has 8 heteroatoms. The molecule has 0 bridgehead atoms. The van der Waals surface area contributed by atoms with E-state index in [0.29, 0.717) is 15.9 Å². The van der Waals surface area contributed by atoms with Gasteiger partial charge in [-0.15, -0.1) is 22.7 Å². The molecule has 1 aliphatic rings. The van der Waals surface area contributed by atoms with Crippen LogP contribution in [-0.4, -0.2) is 22.7 Å². The van der Waals surface area contributed by atoms with Crippen molar-refractivity contribution in [3.05, 3.63) is 32.9 Å². The number of hydrogen-bond donors (Lipinski definition) is 1. The lowest BCUT2D eigenvalue weighted by atomic mass is 10.1. The fraction of sp³-hybridized carbons (Fsp3) is 0.182. The molecule has 0 fully saturated rings. The molecule has 1 amide bonds. The number of thiazole rings is 1. The molecule has 0 aromatic carbocycles. The average Bonchev–Trinajstić information content (AvgIpc) is 3.07. The zero-order valence-corrected chi connectivity index (χ0v) is 11.9. The minimum atomic E-state index is -0.611. The van der Waals surface area contributed by atoms with Crippen LogP contribution in [0.25, 0.3) is 0 Å². The normalized spacial score (nSPS) is 17.9. The molecule has 3 heterocycles. The van der Waals surface area contributed by atoms with Gasteiger partial charge in [-0.05, 0) is 12.1 Å². The van der Waals surface area contributed by atoms with Crippen molar-refractivity contribution in [1.82, 2.24) is 4.98 Å². The summed E-state index contributed by atoms with van der Waals surface area (Å²) < 4.78 is 0.688. The van der Waals surface area contributed by atoms with E-state index >= 15 is 0 Å². The fourth-order valence-electron chi connectivity index (χ4n) is 1.60. The van der Waals surface area contributed by atoms with Gasteiger partial charge in [0.2, 0.25) is 6.10 Å². The summed E-state index contributed by atoms with van der Waals surface area (Å²) >= 11 is 8.65. The van der Waals surface area contributed by atoms with Crippen LogP contribution in [0.15, 0.2) is 28.9 Å². The standard InChI is InChI=1S/C11H8ClN3O2S2/c12-9-2-1-8(19-9)6-5-7(17-15-6)10(16)14-11-13-3-4-18-11/h1-4,7H,5H2,(H,13,14,16). The third-order valence-corrected chi connectivity index (χ3v) is 4.45. The Balaban J connectivity index is 1.63. The summed E-state index contributed by atoms with van der Waals surface area (Å²) in [5.74, 6) is -0.239. The molecule has 1 aliphatic heterocycles. The van der Waals surface area contributed by atoms with Crippen molar-refractivity contribution >= 4 is 51.0 Å². The first-order chi connectivity index (χ1) is 9.22. The Hall–Kier alpha value is -1.44. The quantitative estimate of drug-likeness (QED) is 0.947. The second-order valence-corrected chi connectivity index (χ2v) is 6.38. The summed E-state index contributed by atoms with van der Waals surface area (Å²) in [6.07, 6.45) is 1.46. The van der Waals surface area contributed by atoms with E-state index < -0.39 is 6.10 Å². The van der Waals surface area contributed by atoms with E-state index in [1.165, 1.54) is 22.7 Å². The van der Waals surface area contributed by atoms with Gasteiger partial charge in [-0.1, -0.05) is 16.8 Å². The lowest BCUT2D eigenvalue weighted by molar-refractivity contribution is -0.125. The van der Waals surface area contributed by atoms with Gasteiger partial charge in [0.05, 0.1) is 9.21 Å². The number of carbonyl (C=O) groups is 1. The molecule has 0 aliphatic carbocycles. The summed E-state index contributed by atoms with van der Waals surface area (Å²) in [7, 11) is 0. The average molecular weight is 314 g/mol. The van der Waals surface area contributed by atoms with E-state index in [1.54, 1.807) is 17.6 Å². The number of aromatic nitrogens is 1. The highest BCUT2D eigenvalue weighted by molar-refractivity contribution is 7.18. The topological polar surface area (TPSA) is 63.6 Å². The summed E-state index contributed by atoms with van der Waals surface area (Å²) in [5.41, 5.74) is 0.746.